The summed E-state index contributed by atoms with van der Waals surface area (Å²) in [5.41, 5.74) is 1.87. The molecule has 2 heterocycles. The van der Waals surface area contributed by atoms with E-state index in [0.29, 0.717) is 6.04 Å². The molecule has 16 heavy (non-hydrogen) atoms. The van der Waals surface area contributed by atoms with Gasteiger partial charge in [-0.3, -0.25) is 4.98 Å². The summed E-state index contributed by atoms with van der Waals surface area (Å²) in [6.07, 6.45) is 2.62. The fourth-order valence-corrected chi connectivity index (χ4v) is 3.16. The van der Waals surface area contributed by atoms with Crippen molar-refractivity contribution in [1.29, 1.82) is 0 Å². The maximum Gasteiger partial charge on any atom is 0.0931 e. The second-order valence-corrected chi connectivity index (χ2v) is 5.40. The number of pyridine rings is 1. The first-order chi connectivity index (χ1) is 7.68. The number of anilines is 1. The Morgan fingerprint density at radius 3 is 2.88 bits per heavy atom. The van der Waals surface area contributed by atoms with E-state index in [-0.39, 0.29) is 0 Å². The zero-order valence-electron chi connectivity index (χ0n) is 9.76. The van der Waals surface area contributed by atoms with Gasteiger partial charge in [0.2, 0.25) is 0 Å². The molecule has 2 atom stereocenters. The van der Waals surface area contributed by atoms with Gasteiger partial charge in [-0.15, -0.1) is 0 Å². The van der Waals surface area contributed by atoms with Crippen LogP contribution in [0.1, 0.15) is 25.1 Å². The van der Waals surface area contributed by atoms with Gasteiger partial charge >= 0.3 is 0 Å². The Labute approximate surface area is 101 Å². The predicted molar refractivity (Wildman–Crippen MR) is 69.0 cm³/mol. The number of hydrogen-bond acceptors (Lipinski definition) is 4. The van der Waals surface area contributed by atoms with Crippen molar-refractivity contribution >= 4 is 17.4 Å². The lowest BCUT2D eigenvalue weighted by molar-refractivity contribution is 0.194. The van der Waals surface area contributed by atoms with Gasteiger partial charge < -0.3 is 10.0 Å². The summed E-state index contributed by atoms with van der Waals surface area (Å²) in [4.78, 5) is 6.56. The van der Waals surface area contributed by atoms with Crippen LogP contribution in [0.3, 0.4) is 0 Å². The minimum atomic E-state index is -0.485. The van der Waals surface area contributed by atoms with Crippen molar-refractivity contribution in [2.75, 3.05) is 23.5 Å². The largest absolute Gasteiger partial charge is 0.387 e. The molecule has 1 N–H and O–H groups in total. The van der Waals surface area contributed by atoms with Crippen LogP contribution in [0.25, 0.3) is 0 Å². The van der Waals surface area contributed by atoms with Gasteiger partial charge in [-0.2, -0.15) is 11.8 Å². The van der Waals surface area contributed by atoms with Gasteiger partial charge in [0.05, 0.1) is 23.7 Å². The standard InChI is InChI=1S/C12H18N2OS/c1-9(15)12-4-3-10(7-13-12)14(2)11-5-6-16-8-11/h3-4,7,9,11,15H,5-6,8H2,1-2H3/t9-,11?/m0/s1. The molecular weight excluding hydrogens is 220 g/mol. The number of aliphatic hydroxyl groups excluding tert-OH is 1. The molecule has 1 saturated heterocycles. The van der Waals surface area contributed by atoms with E-state index >= 15 is 0 Å². The Bertz CT molecular complexity index is 333. The monoisotopic (exact) mass is 238 g/mol. The smallest absolute Gasteiger partial charge is 0.0931 e. The van der Waals surface area contributed by atoms with Crippen LogP contribution in [-0.4, -0.2) is 34.7 Å². The van der Waals surface area contributed by atoms with Crippen molar-refractivity contribution in [1.82, 2.24) is 4.98 Å². The summed E-state index contributed by atoms with van der Waals surface area (Å²) in [5, 5.41) is 9.39. The van der Waals surface area contributed by atoms with Crippen LogP contribution in [0.4, 0.5) is 5.69 Å². The highest BCUT2D eigenvalue weighted by atomic mass is 32.2. The summed E-state index contributed by atoms with van der Waals surface area (Å²) in [6.45, 7) is 1.74. The summed E-state index contributed by atoms with van der Waals surface area (Å²) in [5.74, 6) is 2.46. The van der Waals surface area contributed by atoms with Crippen molar-refractivity contribution in [3.63, 3.8) is 0 Å². The number of nitrogens with zero attached hydrogens (tertiary/aromatic N) is 2. The lowest BCUT2D eigenvalue weighted by Crippen LogP contribution is -2.31. The minimum absolute atomic E-state index is 0.485. The van der Waals surface area contributed by atoms with E-state index in [9.17, 15) is 5.11 Å². The van der Waals surface area contributed by atoms with Gasteiger partial charge in [0.25, 0.3) is 0 Å². The second kappa shape index (κ2) is 5.06. The van der Waals surface area contributed by atoms with Gasteiger partial charge in [-0.25, -0.2) is 0 Å². The van der Waals surface area contributed by atoms with E-state index in [1.165, 1.54) is 17.9 Å². The summed E-state index contributed by atoms with van der Waals surface area (Å²) in [6, 6.07) is 4.57. The van der Waals surface area contributed by atoms with E-state index in [1.54, 1.807) is 6.92 Å². The first-order valence-electron chi connectivity index (χ1n) is 5.63. The summed E-state index contributed by atoms with van der Waals surface area (Å²) < 4.78 is 0. The molecule has 0 amide bonds. The van der Waals surface area contributed by atoms with Crippen LogP contribution in [0.5, 0.6) is 0 Å². The van der Waals surface area contributed by atoms with Crippen LogP contribution in [0.15, 0.2) is 18.3 Å². The fourth-order valence-electron chi connectivity index (χ4n) is 1.89. The molecule has 1 unspecified atom stereocenters. The average molecular weight is 238 g/mol. The minimum Gasteiger partial charge on any atom is -0.387 e. The molecular formula is C12H18N2OS. The van der Waals surface area contributed by atoms with Gasteiger partial charge in [0.1, 0.15) is 0 Å². The van der Waals surface area contributed by atoms with E-state index in [1.807, 2.05) is 30.1 Å². The zero-order valence-corrected chi connectivity index (χ0v) is 10.6. The van der Waals surface area contributed by atoms with Crippen LogP contribution < -0.4 is 4.90 Å². The van der Waals surface area contributed by atoms with Crippen LogP contribution in [-0.2, 0) is 0 Å². The van der Waals surface area contributed by atoms with Crippen molar-refractivity contribution in [2.24, 2.45) is 0 Å². The second-order valence-electron chi connectivity index (χ2n) is 4.25. The maximum absolute atomic E-state index is 9.39. The third-order valence-electron chi connectivity index (χ3n) is 3.06. The zero-order chi connectivity index (χ0) is 11.5. The molecule has 1 aromatic heterocycles. The molecule has 0 saturated carbocycles. The van der Waals surface area contributed by atoms with Crippen molar-refractivity contribution in [3.8, 4) is 0 Å². The Hall–Kier alpha value is -0.740. The van der Waals surface area contributed by atoms with Crippen molar-refractivity contribution in [2.45, 2.75) is 25.5 Å². The molecule has 4 heteroatoms. The summed E-state index contributed by atoms with van der Waals surface area (Å²) in [7, 11) is 2.12. The third kappa shape index (κ3) is 2.50. The molecule has 0 aromatic carbocycles. The third-order valence-corrected chi connectivity index (χ3v) is 4.20. The van der Waals surface area contributed by atoms with Gasteiger partial charge in [0.15, 0.2) is 0 Å². The average Bonchev–Trinajstić information content (AvgIpc) is 2.81. The molecule has 0 aliphatic carbocycles. The Balaban J connectivity index is 2.08. The first-order valence-corrected chi connectivity index (χ1v) is 6.78. The first kappa shape index (κ1) is 11.7. The summed E-state index contributed by atoms with van der Waals surface area (Å²) >= 11 is 2.01. The number of rotatable bonds is 3. The molecule has 1 aliphatic rings. The number of thioether (sulfide) groups is 1. The molecule has 0 spiro atoms. The Morgan fingerprint density at radius 2 is 2.38 bits per heavy atom. The molecule has 1 aromatic rings. The highest BCUT2D eigenvalue weighted by molar-refractivity contribution is 7.99. The van der Waals surface area contributed by atoms with Crippen molar-refractivity contribution in [3.05, 3.63) is 24.0 Å². The lowest BCUT2D eigenvalue weighted by Gasteiger charge is -2.25. The molecule has 88 valence electrons. The highest BCUT2D eigenvalue weighted by Crippen LogP contribution is 2.25. The SMILES string of the molecule is C[C@H](O)c1ccc(N(C)C2CCSC2)cn1. The van der Waals surface area contributed by atoms with E-state index in [0.717, 1.165) is 11.4 Å². The molecule has 0 radical (unpaired) electrons. The molecule has 1 aliphatic heterocycles. The van der Waals surface area contributed by atoms with Gasteiger partial charge in [0, 0.05) is 18.8 Å². The fraction of sp³-hybridized carbons (Fsp3) is 0.583. The maximum atomic E-state index is 9.39. The van der Waals surface area contributed by atoms with E-state index < -0.39 is 6.10 Å². The molecule has 2 rings (SSSR count). The van der Waals surface area contributed by atoms with E-state index in [2.05, 4.69) is 16.9 Å². The van der Waals surface area contributed by atoms with Crippen LogP contribution in [0, 0.1) is 0 Å². The Kier molecular flexibility index (Phi) is 3.71. The normalized spacial score (nSPS) is 22.1. The van der Waals surface area contributed by atoms with Crippen LogP contribution in [0.2, 0.25) is 0 Å². The Morgan fingerprint density at radius 1 is 1.56 bits per heavy atom. The lowest BCUT2D eigenvalue weighted by atomic mass is 10.2. The van der Waals surface area contributed by atoms with Crippen LogP contribution >= 0.6 is 11.8 Å². The number of hydrogen-bond donors (Lipinski definition) is 1. The molecule has 1 fully saturated rings. The van der Waals surface area contributed by atoms with E-state index in [4.69, 9.17) is 0 Å². The number of aliphatic hydroxyl groups is 1. The number of aromatic nitrogens is 1. The molecule has 0 bridgehead atoms. The van der Waals surface area contributed by atoms with Gasteiger partial charge in [-0.05, 0) is 31.2 Å². The molecule has 3 nitrogen and oxygen atoms in total. The van der Waals surface area contributed by atoms with Crippen molar-refractivity contribution < 1.29 is 5.11 Å². The predicted octanol–water partition coefficient (Wildman–Crippen LogP) is 2.08. The highest BCUT2D eigenvalue weighted by Gasteiger charge is 2.20. The quantitative estimate of drug-likeness (QED) is 0.874. The van der Waals surface area contributed by atoms with Gasteiger partial charge in [-0.1, -0.05) is 0 Å². The topological polar surface area (TPSA) is 36.4 Å².